The Labute approximate surface area is 422 Å². The molecular weight excluding hydrogens is 955 g/mol. The monoisotopic (exact) mass is 1010 g/mol. The first kappa shape index (κ1) is 50.5. The van der Waals surface area contributed by atoms with Crippen molar-refractivity contribution in [3.8, 4) is 11.4 Å². The maximum atomic E-state index is 14.1. The zero-order valence-electron chi connectivity index (χ0n) is 40.7. The second-order valence-corrected chi connectivity index (χ2v) is 18.4. The van der Waals surface area contributed by atoms with Crippen LogP contribution in [0.4, 0.5) is 0 Å². The minimum Gasteiger partial charge on any atom is -0.458 e. The highest BCUT2D eigenvalue weighted by atomic mass is 16.6. The molecular formula is C52H53N11O11. The lowest BCUT2D eigenvalue weighted by molar-refractivity contribution is -0.172. The van der Waals surface area contributed by atoms with Crippen LogP contribution in [0.2, 0.25) is 0 Å². The van der Waals surface area contributed by atoms with Crippen LogP contribution in [0.3, 0.4) is 0 Å². The van der Waals surface area contributed by atoms with Gasteiger partial charge in [-0.3, -0.25) is 33.6 Å². The van der Waals surface area contributed by atoms with Crippen LogP contribution in [0.1, 0.15) is 73.2 Å². The van der Waals surface area contributed by atoms with Crippen molar-refractivity contribution in [3.05, 3.63) is 135 Å². The van der Waals surface area contributed by atoms with E-state index in [1.807, 2.05) is 50.2 Å². The minimum absolute atomic E-state index is 0.00860. The van der Waals surface area contributed by atoms with Gasteiger partial charge >= 0.3 is 5.97 Å². The summed E-state index contributed by atoms with van der Waals surface area (Å²) in [5, 5.41) is 34.2. The highest BCUT2D eigenvalue weighted by Gasteiger charge is 2.45. The molecule has 3 aliphatic heterocycles. The number of ether oxygens (including phenoxy) is 2. The van der Waals surface area contributed by atoms with Crippen LogP contribution < -0.4 is 32.3 Å². The van der Waals surface area contributed by atoms with Crippen molar-refractivity contribution in [2.45, 2.75) is 77.5 Å². The van der Waals surface area contributed by atoms with Crippen molar-refractivity contribution in [2.24, 2.45) is 5.92 Å². The number of cyclic esters (lactones) is 1. The van der Waals surface area contributed by atoms with Gasteiger partial charge in [-0.05, 0) is 46.4 Å². The molecule has 0 fully saturated rings. The highest BCUT2D eigenvalue weighted by molar-refractivity contribution is 6.09. The van der Waals surface area contributed by atoms with Gasteiger partial charge in [0.15, 0.2) is 5.60 Å². The lowest BCUT2D eigenvalue weighted by Gasteiger charge is -2.31. The van der Waals surface area contributed by atoms with Crippen molar-refractivity contribution in [1.29, 1.82) is 0 Å². The zero-order valence-corrected chi connectivity index (χ0v) is 40.7. The molecule has 0 saturated heterocycles. The summed E-state index contributed by atoms with van der Waals surface area (Å²) in [6, 6.07) is 21.3. The molecule has 3 aromatic carbocycles. The van der Waals surface area contributed by atoms with Crippen LogP contribution >= 0.6 is 0 Å². The van der Waals surface area contributed by atoms with Crippen LogP contribution in [0, 0.1) is 5.92 Å². The number of benzene rings is 3. The Morgan fingerprint density at radius 2 is 1.65 bits per heavy atom. The number of esters is 1. The van der Waals surface area contributed by atoms with E-state index in [9.17, 15) is 43.5 Å². The van der Waals surface area contributed by atoms with Gasteiger partial charge in [0.25, 0.3) is 11.5 Å². The van der Waals surface area contributed by atoms with Crippen LogP contribution in [-0.2, 0) is 74.8 Å². The maximum Gasteiger partial charge on any atom is 0.343 e. The molecule has 3 aromatic heterocycles. The van der Waals surface area contributed by atoms with E-state index < -0.39 is 78.8 Å². The smallest absolute Gasteiger partial charge is 0.343 e. The minimum atomic E-state index is -1.98. The van der Waals surface area contributed by atoms with E-state index in [-0.39, 0.29) is 68.3 Å². The first-order valence-corrected chi connectivity index (χ1v) is 24.1. The Bertz CT molecular complexity index is 3330. The summed E-state index contributed by atoms with van der Waals surface area (Å²) in [5.41, 5.74) is 5.03. The zero-order chi connectivity index (χ0) is 52.3. The quantitative estimate of drug-likeness (QED) is 0.0289. The summed E-state index contributed by atoms with van der Waals surface area (Å²) in [6.45, 7) is 3.95. The van der Waals surface area contributed by atoms with Gasteiger partial charge < -0.3 is 40.4 Å². The summed E-state index contributed by atoms with van der Waals surface area (Å²) in [4.78, 5) is 108. The average molecular weight is 1010 g/mol. The van der Waals surface area contributed by atoms with E-state index in [0.29, 0.717) is 27.6 Å². The topological polar surface area (TPSA) is 287 Å². The highest BCUT2D eigenvalue weighted by Crippen LogP contribution is 2.42. The molecule has 0 bridgehead atoms. The van der Waals surface area contributed by atoms with Crippen molar-refractivity contribution >= 4 is 63.1 Å². The Kier molecular flexibility index (Phi) is 14.5. The molecule has 3 aliphatic rings. The van der Waals surface area contributed by atoms with E-state index in [2.05, 4.69) is 37.0 Å². The summed E-state index contributed by atoms with van der Waals surface area (Å²) < 4.78 is 14.7. The summed E-state index contributed by atoms with van der Waals surface area (Å²) >= 11 is 0. The number of hydrogen-bond acceptors (Lipinski definition) is 15. The third kappa shape index (κ3) is 10.3. The third-order valence-corrected chi connectivity index (χ3v) is 13.2. The van der Waals surface area contributed by atoms with Gasteiger partial charge in [-0.2, -0.15) is 0 Å². The normalized spacial score (nSPS) is 16.6. The van der Waals surface area contributed by atoms with E-state index in [0.717, 1.165) is 32.8 Å². The third-order valence-electron chi connectivity index (χ3n) is 13.2. The molecule has 6 N–H and O–H groups in total. The summed E-state index contributed by atoms with van der Waals surface area (Å²) in [7, 11) is 0. The maximum absolute atomic E-state index is 14.1. The molecule has 382 valence electrons. The standard InChI is InChI=1S/C52H53N11O11/c1-4-52(72)36-20-40-47-34(25-62(40)50(70)35(36)27-73-51(52)71)33(46-32-14-9-8-13-31(32)17-18-37(46)58-47)24-61-26-39(59-60-61)48(29(2)3)74-28-55-41(64)21-54-49(69)38(19-30-11-6-5-7-12-30)57-43(66)22-53-42(65)23-56-63-44(67)15-10-16-45(63)68/h5-15,17-18,20,26,29,38,48,56,72H,4,16,19,21-25,27-28H2,1-3H3,(H,53,65)(H,54,69)(H,55,64)(H,57,66)/t38-,48?,52-/m0/s1. The molecule has 0 aliphatic carbocycles. The number of aliphatic hydroxyl groups is 1. The molecule has 22 nitrogen and oxygen atoms in total. The SMILES string of the molecule is CC[C@@]1(O)C(=O)OCc2c1cc1n(c2=O)Cc2c-1nc1ccc3ccccc3c1c2Cn1cc(C(OCNC(=O)CNC(=O)[C@H](Cc2ccccc2)NC(=O)CNC(=O)CNN2C(=O)C=CCC2=O)C(C)C)nn1. The number of aromatic nitrogens is 5. The number of hydrogen-bond donors (Lipinski definition) is 6. The number of imide groups is 1. The Balaban J connectivity index is 0.850. The van der Waals surface area contributed by atoms with Crippen molar-refractivity contribution in [1.82, 2.24) is 56.2 Å². The molecule has 1 unspecified atom stereocenters. The Morgan fingerprint density at radius 1 is 0.892 bits per heavy atom. The van der Waals surface area contributed by atoms with Gasteiger partial charge in [0.2, 0.25) is 29.5 Å². The first-order valence-electron chi connectivity index (χ1n) is 24.1. The van der Waals surface area contributed by atoms with Gasteiger partial charge in [0, 0.05) is 35.4 Å². The van der Waals surface area contributed by atoms with Crippen molar-refractivity contribution in [2.75, 3.05) is 26.4 Å². The molecule has 6 heterocycles. The second-order valence-electron chi connectivity index (χ2n) is 18.4. The average Bonchev–Trinajstić information content (AvgIpc) is 4.03. The van der Waals surface area contributed by atoms with Crippen LogP contribution in [-0.4, -0.2) is 108 Å². The fourth-order valence-corrected chi connectivity index (χ4v) is 9.40. The first-order chi connectivity index (χ1) is 35.6. The van der Waals surface area contributed by atoms with Crippen LogP contribution in [0.25, 0.3) is 33.1 Å². The number of nitrogens with one attached hydrogen (secondary N) is 5. The predicted octanol–water partition coefficient (Wildman–Crippen LogP) is 1.44. The molecule has 6 aromatic rings. The van der Waals surface area contributed by atoms with E-state index in [1.54, 1.807) is 58.8 Å². The van der Waals surface area contributed by atoms with Gasteiger partial charge in [0.05, 0.1) is 61.4 Å². The fourth-order valence-electron chi connectivity index (χ4n) is 9.40. The number of hydrazine groups is 1. The lowest BCUT2D eigenvalue weighted by Crippen LogP contribution is -2.53. The van der Waals surface area contributed by atoms with Gasteiger partial charge in [-0.15, -0.1) is 5.10 Å². The Hall–Kier alpha value is -8.47. The van der Waals surface area contributed by atoms with Crippen LogP contribution in [0.5, 0.6) is 0 Å². The predicted molar refractivity (Wildman–Crippen MR) is 265 cm³/mol. The molecule has 0 saturated carbocycles. The second kappa shape index (κ2) is 21.3. The van der Waals surface area contributed by atoms with Gasteiger partial charge in [-0.25, -0.2) is 24.9 Å². The largest absolute Gasteiger partial charge is 0.458 e. The molecule has 22 heteroatoms. The lowest BCUT2D eigenvalue weighted by atomic mass is 9.86. The molecule has 74 heavy (non-hydrogen) atoms. The molecule has 3 atom stereocenters. The van der Waals surface area contributed by atoms with E-state index in [4.69, 9.17) is 14.5 Å². The van der Waals surface area contributed by atoms with Gasteiger partial charge in [0.1, 0.15) is 31.2 Å². The molecule has 6 amide bonds. The van der Waals surface area contributed by atoms with E-state index in [1.165, 1.54) is 12.2 Å². The number of carbonyl (C=O) groups excluding carboxylic acids is 7. The number of rotatable bonds is 19. The number of carbonyl (C=O) groups is 7. The fraction of sp³-hybridized carbons (Fsp3) is 0.327. The van der Waals surface area contributed by atoms with E-state index >= 15 is 0 Å². The summed E-state index contributed by atoms with van der Waals surface area (Å²) in [6.07, 6.45) is 3.80. The number of nitrogens with zero attached hydrogens (tertiary/aromatic N) is 6. The molecule has 9 rings (SSSR count). The van der Waals surface area contributed by atoms with Gasteiger partial charge in [-0.1, -0.05) is 92.7 Å². The number of fused-ring (bicyclic) bond motifs is 7. The molecule has 0 radical (unpaired) electrons. The van der Waals surface area contributed by atoms with Crippen molar-refractivity contribution < 1.29 is 48.1 Å². The Morgan fingerprint density at radius 3 is 2.42 bits per heavy atom. The summed E-state index contributed by atoms with van der Waals surface area (Å²) in [5.74, 6) is -4.74. The van der Waals surface area contributed by atoms with Crippen LogP contribution in [0.15, 0.2) is 95.9 Å². The molecule has 0 spiro atoms. The van der Waals surface area contributed by atoms with Crippen molar-refractivity contribution in [3.63, 3.8) is 0 Å². The number of pyridine rings is 2. The number of amides is 6.